The van der Waals surface area contributed by atoms with Crippen molar-refractivity contribution in [3.05, 3.63) is 29.6 Å². The van der Waals surface area contributed by atoms with Gasteiger partial charge in [0.1, 0.15) is 12.2 Å². The van der Waals surface area contributed by atoms with Crippen LogP contribution in [0.3, 0.4) is 0 Å². The first-order valence-corrected chi connectivity index (χ1v) is 7.83. The first kappa shape index (κ1) is 15.7. The second kappa shape index (κ2) is 7.36. The Morgan fingerprint density at radius 1 is 1.19 bits per heavy atom. The maximum atomic E-state index is 4.56. The van der Waals surface area contributed by atoms with E-state index in [4.69, 9.17) is 0 Å². The molecule has 21 heavy (non-hydrogen) atoms. The van der Waals surface area contributed by atoms with Gasteiger partial charge in [-0.25, -0.2) is 4.98 Å². The smallest absolute Gasteiger partial charge is 0.138 e. The topological polar surface area (TPSA) is 60.6 Å². The summed E-state index contributed by atoms with van der Waals surface area (Å²) in [4.78, 5) is 4.40. The monoisotopic (exact) mass is 290 g/mol. The molecule has 6 heteroatoms. The van der Waals surface area contributed by atoms with E-state index in [1.54, 1.807) is 6.33 Å². The summed E-state index contributed by atoms with van der Waals surface area (Å²) in [6, 6.07) is 2.39. The summed E-state index contributed by atoms with van der Waals surface area (Å²) in [5.74, 6) is 1.02. The molecule has 1 unspecified atom stereocenters. The molecule has 0 aliphatic rings. The van der Waals surface area contributed by atoms with Crippen molar-refractivity contribution in [2.75, 3.05) is 6.54 Å². The van der Waals surface area contributed by atoms with Gasteiger partial charge in [-0.1, -0.05) is 6.92 Å². The van der Waals surface area contributed by atoms with Crippen molar-refractivity contribution in [1.82, 2.24) is 29.9 Å². The zero-order valence-electron chi connectivity index (χ0n) is 13.5. The van der Waals surface area contributed by atoms with Crippen molar-refractivity contribution in [1.29, 1.82) is 0 Å². The molecule has 0 fully saturated rings. The van der Waals surface area contributed by atoms with Gasteiger partial charge in [0.25, 0.3) is 0 Å². The molecule has 1 atom stereocenters. The van der Waals surface area contributed by atoms with E-state index in [2.05, 4.69) is 52.0 Å². The summed E-state index contributed by atoms with van der Waals surface area (Å²) in [7, 11) is 0. The van der Waals surface area contributed by atoms with Gasteiger partial charge in [0, 0.05) is 19.5 Å². The summed E-state index contributed by atoms with van der Waals surface area (Å²) in [6.45, 7) is 11.2. The van der Waals surface area contributed by atoms with Crippen LogP contribution in [0.1, 0.15) is 50.4 Å². The molecule has 2 rings (SSSR count). The highest BCUT2D eigenvalue weighted by Crippen LogP contribution is 2.19. The molecule has 0 radical (unpaired) electrons. The summed E-state index contributed by atoms with van der Waals surface area (Å²) in [6.07, 6.45) is 3.58. The van der Waals surface area contributed by atoms with E-state index in [0.717, 1.165) is 44.0 Å². The fraction of sp³-hybridized carbons (Fsp3) is 0.667. The number of aryl methyl sites for hydroxylation is 3. The Hall–Kier alpha value is -1.69. The van der Waals surface area contributed by atoms with Gasteiger partial charge >= 0.3 is 0 Å². The van der Waals surface area contributed by atoms with Crippen LogP contribution >= 0.6 is 0 Å². The van der Waals surface area contributed by atoms with E-state index in [1.165, 1.54) is 5.69 Å². The Balaban J connectivity index is 2.25. The number of aromatic nitrogens is 5. The number of rotatable bonds is 8. The molecule has 2 aromatic rings. The summed E-state index contributed by atoms with van der Waals surface area (Å²) < 4.78 is 4.04. The van der Waals surface area contributed by atoms with Gasteiger partial charge in [-0.2, -0.15) is 10.2 Å². The number of nitrogens with one attached hydrogen (secondary N) is 1. The Kier molecular flexibility index (Phi) is 5.50. The van der Waals surface area contributed by atoms with Gasteiger partial charge in [0.15, 0.2) is 0 Å². The molecule has 2 heterocycles. The number of hydrogen-bond donors (Lipinski definition) is 1. The van der Waals surface area contributed by atoms with Crippen LogP contribution in [0.15, 0.2) is 12.4 Å². The minimum absolute atomic E-state index is 0.223. The van der Waals surface area contributed by atoms with Crippen LogP contribution < -0.4 is 5.32 Å². The van der Waals surface area contributed by atoms with Crippen molar-refractivity contribution >= 4 is 0 Å². The molecular formula is C15H26N6. The van der Waals surface area contributed by atoms with Crippen LogP contribution in [0.2, 0.25) is 0 Å². The van der Waals surface area contributed by atoms with Crippen LogP contribution in [0.5, 0.6) is 0 Å². The molecule has 0 bridgehead atoms. The van der Waals surface area contributed by atoms with Crippen LogP contribution in [0.4, 0.5) is 0 Å². The van der Waals surface area contributed by atoms with E-state index in [0.29, 0.717) is 0 Å². The molecule has 1 N–H and O–H groups in total. The van der Waals surface area contributed by atoms with Gasteiger partial charge in [0.05, 0.1) is 17.4 Å². The van der Waals surface area contributed by atoms with Gasteiger partial charge < -0.3 is 5.32 Å². The predicted octanol–water partition coefficient (Wildman–Crippen LogP) is 2.11. The highest BCUT2D eigenvalue weighted by atomic mass is 15.3. The summed E-state index contributed by atoms with van der Waals surface area (Å²) in [5, 5.41) is 12.5. The lowest BCUT2D eigenvalue weighted by Gasteiger charge is -2.19. The molecule has 0 amide bonds. The molecule has 0 aliphatic heterocycles. The van der Waals surface area contributed by atoms with Crippen LogP contribution in [0, 0.1) is 6.92 Å². The van der Waals surface area contributed by atoms with Crippen LogP contribution in [-0.4, -0.2) is 31.1 Å². The van der Waals surface area contributed by atoms with E-state index >= 15 is 0 Å². The lowest BCUT2D eigenvalue weighted by molar-refractivity contribution is 0.458. The molecule has 6 nitrogen and oxygen atoms in total. The minimum Gasteiger partial charge on any atom is -0.308 e. The molecule has 0 aliphatic carbocycles. The Morgan fingerprint density at radius 2 is 1.95 bits per heavy atom. The molecular weight excluding hydrogens is 264 g/mol. The Morgan fingerprint density at radius 3 is 2.62 bits per heavy atom. The predicted molar refractivity (Wildman–Crippen MR) is 83.1 cm³/mol. The molecule has 2 aromatic heterocycles. The van der Waals surface area contributed by atoms with Crippen molar-refractivity contribution in [2.45, 2.75) is 59.7 Å². The SMILES string of the molecule is CCCNC(Cc1ncnn1CC)c1cc(C)nn1CC. The third-order valence-corrected chi connectivity index (χ3v) is 3.61. The third kappa shape index (κ3) is 3.69. The Bertz CT molecular complexity index is 556. The second-order valence-corrected chi connectivity index (χ2v) is 5.23. The first-order valence-electron chi connectivity index (χ1n) is 7.83. The van der Waals surface area contributed by atoms with E-state index in [-0.39, 0.29) is 6.04 Å². The van der Waals surface area contributed by atoms with Gasteiger partial charge in [-0.15, -0.1) is 0 Å². The average Bonchev–Trinajstić information content (AvgIpc) is 3.08. The Labute approximate surface area is 126 Å². The minimum atomic E-state index is 0.223. The van der Waals surface area contributed by atoms with E-state index < -0.39 is 0 Å². The van der Waals surface area contributed by atoms with Crippen LogP contribution in [0.25, 0.3) is 0 Å². The first-order chi connectivity index (χ1) is 10.2. The van der Waals surface area contributed by atoms with Crippen molar-refractivity contribution < 1.29 is 0 Å². The maximum Gasteiger partial charge on any atom is 0.138 e. The fourth-order valence-corrected chi connectivity index (χ4v) is 2.59. The molecule has 0 saturated carbocycles. The zero-order chi connectivity index (χ0) is 15.2. The molecule has 0 spiro atoms. The standard InChI is InChI=1S/C15H26N6/c1-5-8-16-13(10-15-17-11-18-21(15)7-3)14-9-12(4)19-20(14)6-2/h9,11,13,16H,5-8,10H2,1-4H3. The van der Waals surface area contributed by atoms with Crippen molar-refractivity contribution in [3.8, 4) is 0 Å². The highest BCUT2D eigenvalue weighted by Gasteiger charge is 2.19. The lowest BCUT2D eigenvalue weighted by Crippen LogP contribution is -2.27. The summed E-state index contributed by atoms with van der Waals surface area (Å²) in [5.41, 5.74) is 2.29. The molecule has 116 valence electrons. The number of nitrogens with zero attached hydrogens (tertiary/aromatic N) is 5. The third-order valence-electron chi connectivity index (χ3n) is 3.61. The normalized spacial score (nSPS) is 12.8. The maximum absolute atomic E-state index is 4.56. The fourth-order valence-electron chi connectivity index (χ4n) is 2.59. The highest BCUT2D eigenvalue weighted by molar-refractivity contribution is 5.15. The van der Waals surface area contributed by atoms with Crippen LogP contribution in [-0.2, 0) is 19.5 Å². The average molecular weight is 290 g/mol. The number of hydrogen-bond acceptors (Lipinski definition) is 4. The largest absolute Gasteiger partial charge is 0.308 e. The van der Waals surface area contributed by atoms with E-state index in [1.807, 2.05) is 11.6 Å². The van der Waals surface area contributed by atoms with Gasteiger partial charge in [-0.05, 0) is 39.8 Å². The van der Waals surface area contributed by atoms with Gasteiger partial charge in [-0.3, -0.25) is 9.36 Å². The lowest BCUT2D eigenvalue weighted by atomic mass is 10.1. The molecule has 0 saturated heterocycles. The molecule has 0 aromatic carbocycles. The van der Waals surface area contributed by atoms with E-state index in [9.17, 15) is 0 Å². The zero-order valence-corrected chi connectivity index (χ0v) is 13.5. The summed E-state index contributed by atoms with van der Waals surface area (Å²) >= 11 is 0. The van der Waals surface area contributed by atoms with Crippen molar-refractivity contribution in [3.63, 3.8) is 0 Å². The van der Waals surface area contributed by atoms with Crippen molar-refractivity contribution in [2.24, 2.45) is 0 Å². The van der Waals surface area contributed by atoms with Gasteiger partial charge in [0.2, 0.25) is 0 Å². The second-order valence-electron chi connectivity index (χ2n) is 5.23. The quantitative estimate of drug-likeness (QED) is 0.809.